The van der Waals surface area contributed by atoms with Gasteiger partial charge in [0.2, 0.25) is 0 Å². The molecule has 0 radical (unpaired) electrons. The molecule has 1 aromatic heterocycles. The van der Waals surface area contributed by atoms with E-state index in [9.17, 15) is 14.4 Å². The van der Waals surface area contributed by atoms with E-state index in [1.54, 1.807) is 24.3 Å². The molecule has 1 aromatic carbocycles. The summed E-state index contributed by atoms with van der Waals surface area (Å²) in [5.74, 6) is -0.902. The van der Waals surface area contributed by atoms with E-state index >= 15 is 0 Å². The first-order valence-electron chi connectivity index (χ1n) is 7.09. The van der Waals surface area contributed by atoms with Crippen molar-refractivity contribution in [3.8, 4) is 0 Å². The number of ketones is 1. The number of Topliss-reactive ketones (excluding diaryl/α,β-unsaturated/α-hetero) is 1. The van der Waals surface area contributed by atoms with Crippen LogP contribution in [0.15, 0.2) is 41.8 Å². The number of hydrogen-bond donors (Lipinski definition) is 1. The summed E-state index contributed by atoms with van der Waals surface area (Å²) in [4.78, 5) is 35.9. The molecule has 0 saturated carbocycles. The van der Waals surface area contributed by atoms with Gasteiger partial charge in [-0.25, -0.2) is 0 Å². The van der Waals surface area contributed by atoms with Crippen molar-refractivity contribution in [1.82, 2.24) is 0 Å². The van der Waals surface area contributed by atoms with Crippen LogP contribution in [0.5, 0.6) is 0 Å². The second-order valence-electron chi connectivity index (χ2n) is 5.01. The molecule has 2 aromatic rings. The Hall–Kier alpha value is -2.47. The van der Waals surface area contributed by atoms with Crippen molar-refractivity contribution >= 4 is 34.7 Å². The molecule has 1 N–H and O–H groups in total. The summed E-state index contributed by atoms with van der Waals surface area (Å²) >= 11 is 1.46. The number of nitrogens with one attached hydrogen (secondary N) is 1. The Bertz CT molecular complexity index is 692. The lowest BCUT2D eigenvalue weighted by molar-refractivity contribution is -0.152. The Kier molecular flexibility index (Phi) is 5.65. The minimum atomic E-state index is -0.894. The molecule has 0 spiro atoms. The molecule has 0 saturated heterocycles. The molecular weight excluding hydrogens is 314 g/mol. The standard InChI is InChI=1S/C17H17NO4S/c1-11(19)13-5-7-14(8-6-13)18-17(21)12(2)22-16(20)10-15-4-3-9-23-15/h3-9,12H,10H2,1-2H3,(H,18,21)/t12-/m1/s1. The maximum absolute atomic E-state index is 12.0. The molecular formula is C17H17NO4S. The van der Waals surface area contributed by atoms with Gasteiger partial charge in [-0.05, 0) is 49.6 Å². The van der Waals surface area contributed by atoms with Gasteiger partial charge in [0.15, 0.2) is 11.9 Å². The van der Waals surface area contributed by atoms with Gasteiger partial charge in [-0.3, -0.25) is 14.4 Å². The van der Waals surface area contributed by atoms with Gasteiger partial charge >= 0.3 is 5.97 Å². The highest BCUT2D eigenvalue weighted by atomic mass is 32.1. The molecule has 0 bridgehead atoms. The molecule has 6 heteroatoms. The number of benzene rings is 1. The van der Waals surface area contributed by atoms with Crippen molar-refractivity contribution in [2.75, 3.05) is 5.32 Å². The third-order valence-electron chi connectivity index (χ3n) is 3.14. The lowest BCUT2D eigenvalue weighted by atomic mass is 10.1. The van der Waals surface area contributed by atoms with Crippen LogP contribution >= 0.6 is 11.3 Å². The van der Waals surface area contributed by atoms with Gasteiger partial charge in [-0.1, -0.05) is 6.07 Å². The molecule has 23 heavy (non-hydrogen) atoms. The Morgan fingerprint density at radius 1 is 1.17 bits per heavy atom. The maximum atomic E-state index is 12.0. The number of ether oxygens (including phenoxy) is 1. The van der Waals surface area contributed by atoms with Crippen LogP contribution in [-0.4, -0.2) is 23.8 Å². The molecule has 1 atom stereocenters. The van der Waals surface area contributed by atoms with E-state index in [-0.39, 0.29) is 12.2 Å². The van der Waals surface area contributed by atoms with Gasteiger partial charge in [0.05, 0.1) is 6.42 Å². The second kappa shape index (κ2) is 7.69. The van der Waals surface area contributed by atoms with E-state index in [0.29, 0.717) is 11.3 Å². The van der Waals surface area contributed by atoms with Gasteiger partial charge < -0.3 is 10.1 Å². The van der Waals surface area contributed by atoms with E-state index in [0.717, 1.165) is 4.88 Å². The Balaban J connectivity index is 1.86. The molecule has 0 unspecified atom stereocenters. The number of carbonyl (C=O) groups is 3. The van der Waals surface area contributed by atoms with Gasteiger partial charge in [-0.15, -0.1) is 11.3 Å². The summed E-state index contributed by atoms with van der Waals surface area (Å²) in [6.07, 6.45) is -0.738. The van der Waals surface area contributed by atoms with E-state index < -0.39 is 18.0 Å². The fraction of sp³-hybridized carbons (Fsp3) is 0.235. The predicted octanol–water partition coefficient (Wildman–Crippen LogP) is 3.06. The van der Waals surface area contributed by atoms with Crippen LogP contribution in [0, 0.1) is 0 Å². The summed E-state index contributed by atoms with van der Waals surface area (Å²) in [6, 6.07) is 10.2. The Morgan fingerprint density at radius 3 is 2.43 bits per heavy atom. The average molecular weight is 331 g/mol. The van der Waals surface area contributed by atoms with Crippen LogP contribution in [0.2, 0.25) is 0 Å². The zero-order chi connectivity index (χ0) is 16.8. The molecule has 1 amide bonds. The van der Waals surface area contributed by atoms with E-state index in [2.05, 4.69) is 5.32 Å². The van der Waals surface area contributed by atoms with E-state index in [1.807, 2.05) is 17.5 Å². The molecule has 2 rings (SSSR count). The SMILES string of the molecule is CC(=O)c1ccc(NC(=O)[C@@H](C)OC(=O)Cc2cccs2)cc1. The van der Waals surface area contributed by atoms with Crippen molar-refractivity contribution in [2.24, 2.45) is 0 Å². The van der Waals surface area contributed by atoms with Gasteiger partial charge in [-0.2, -0.15) is 0 Å². The molecule has 5 nitrogen and oxygen atoms in total. The van der Waals surface area contributed by atoms with E-state index in [1.165, 1.54) is 25.2 Å². The molecule has 1 heterocycles. The zero-order valence-corrected chi connectivity index (χ0v) is 13.7. The van der Waals surface area contributed by atoms with Crippen LogP contribution < -0.4 is 5.32 Å². The van der Waals surface area contributed by atoms with Gasteiger partial charge in [0.25, 0.3) is 5.91 Å². The summed E-state index contributed by atoms with van der Waals surface area (Å²) in [5, 5.41) is 4.53. The second-order valence-corrected chi connectivity index (χ2v) is 6.04. The van der Waals surface area contributed by atoms with Gasteiger partial charge in [0.1, 0.15) is 0 Å². The predicted molar refractivity (Wildman–Crippen MR) is 88.7 cm³/mol. The summed E-state index contributed by atoms with van der Waals surface area (Å²) in [5.41, 5.74) is 1.11. The van der Waals surface area contributed by atoms with E-state index in [4.69, 9.17) is 4.74 Å². The van der Waals surface area contributed by atoms with Crippen molar-refractivity contribution < 1.29 is 19.1 Å². The number of anilines is 1. The molecule has 120 valence electrons. The lowest BCUT2D eigenvalue weighted by Crippen LogP contribution is -2.30. The first-order chi connectivity index (χ1) is 11.0. The highest BCUT2D eigenvalue weighted by molar-refractivity contribution is 7.10. The Labute approximate surface area is 138 Å². The molecule has 0 fully saturated rings. The fourth-order valence-corrected chi connectivity index (χ4v) is 2.57. The minimum Gasteiger partial charge on any atom is -0.452 e. The highest BCUT2D eigenvalue weighted by Crippen LogP contribution is 2.12. The highest BCUT2D eigenvalue weighted by Gasteiger charge is 2.18. The quantitative estimate of drug-likeness (QED) is 0.652. The maximum Gasteiger partial charge on any atom is 0.311 e. The number of amides is 1. The summed E-state index contributed by atoms with van der Waals surface area (Å²) in [7, 11) is 0. The topological polar surface area (TPSA) is 72.5 Å². The summed E-state index contributed by atoms with van der Waals surface area (Å²) in [6.45, 7) is 2.99. The first-order valence-corrected chi connectivity index (χ1v) is 7.97. The van der Waals surface area contributed by atoms with Crippen molar-refractivity contribution in [1.29, 1.82) is 0 Å². The smallest absolute Gasteiger partial charge is 0.311 e. The third kappa shape index (κ3) is 5.03. The van der Waals surface area contributed by atoms with Crippen molar-refractivity contribution in [3.63, 3.8) is 0 Å². The number of hydrogen-bond acceptors (Lipinski definition) is 5. The molecule has 0 aliphatic heterocycles. The summed E-state index contributed by atoms with van der Waals surface area (Å²) < 4.78 is 5.12. The monoisotopic (exact) mass is 331 g/mol. The van der Waals surface area contributed by atoms with Crippen LogP contribution in [0.4, 0.5) is 5.69 Å². The Morgan fingerprint density at radius 2 is 1.87 bits per heavy atom. The number of rotatable bonds is 6. The number of esters is 1. The lowest BCUT2D eigenvalue weighted by Gasteiger charge is -2.13. The van der Waals surface area contributed by atoms with Crippen molar-refractivity contribution in [2.45, 2.75) is 26.4 Å². The zero-order valence-electron chi connectivity index (χ0n) is 12.9. The van der Waals surface area contributed by atoms with Crippen molar-refractivity contribution in [3.05, 3.63) is 52.2 Å². The molecule has 0 aliphatic carbocycles. The van der Waals surface area contributed by atoms with Gasteiger partial charge in [0, 0.05) is 16.1 Å². The number of carbonyl (C=O) groups excluding carboxylic acids is 3. The third-order valence-corrected chi connectivity index (χ3v) is 4.01. The average Bonchev–Trinajstić information content (AvgIpc) is 3.00. The minimum absolute atomic E-state index is 0.0428. The molecule has 0 aliphatic rings. The van der Waals surface area contributed by atoms with Crippen LogP contribution in [0.25, 0.3) is 0 Å². The largest absolute Gasteiger partial charge is 0.452 e. The fourth-order valence-electron chi connectivity index (χ4n) is 1.88. The first kappa shape index (κ1) is 16.9. The number of thiophene rings is 1. The van der Waals surface area contributed by atoms with Crippen LogP contribution in [0.3, 0.4) is 0 Å². The van der Waals surface area contributed by atoms with Crippen LogP contribution in [0.1, 0.15) is 29.1 Å². The van der Waals surface area contributed by atoms with Crippen LogP contribution in [-0.2, 0) is 20.7 Å². The normalized spacial score (nSPS) is 11.6.